The lowest BCUT2D eigenvalue weighted by Crippen LogP contribution is -2.54. The lowest BCUT2D eigenvalue weighted by molar-refractivity contribution is -0.184. The summed E-state index contributed by atoms with van der Waals surface area (Å²) >= 11 is 0. The number of ether oxygens (including phenoxy) is 1. The summed E-state index contributed by atoms with van der Waals surface area (Å²) in [6.45, 7) is 3.81. The normalized spacial score (nSPS) is 15.4. The van der Waals surface area contributed by atoms with Crippen molar-refractivity contribution >= 4 is 23.7 Å². The zero-order valence-corrected chi connectivity index (χ0v) is 10.7. The smallest absolute Gasteiger partial charge is 0.337 e. The maximum atomic E-state index is 11.7. The molecular formula is C11H16O8. The highest BCUT2D eigenvalue weighted by Gasteiger charge is 2.53. The van der Waals surface area contributed by atoms with Crippen molar-refractivity contribution in [1.82, 2.24) is 0 Å². The van der Waals surface area contributed by atoms with Gasteiger partial charge in [0.05, 0.1) is 12.5 Å². The first-order valence-electron chi connectivity index (χ1n) is 5.40. The first-order valence-corrected chi connectivity index (χ1v) is 5.40. The molecule has 3 N–H and O–H groups in total. The van der Waals surface area contributed by atoms with Crippen molar-refractivity contribution in [2.45, 2.75) is 38.9 Å². The van der Waals surface area contributed by atoms with Gasteiger partial charge in [0, 0.05) is 0 Å². The second-order valence-electron chi connectivity index (χ2n) is 4.33. The summed E-state index contributed by atoms with van der Waals surface area (Å²) in [7, 11) is 0. The third-order valence-electron chi connectivity index (χ3n) is 2.26. The summed E-state index contributed by atoms with van der Waals surface area (Å²) in [6, 6.07) is 0. The van der Waals surface area contributed by atoms with Crippen molar-refractivity contribution < 1.29 is 39.2 Å². The number of hydrogen-bond donors (Lipinski definition) is 3. The Labute approximate surface area is 109 Å². The zero-order chi connectivity index (χ0) is 15.4. The maximum Gasteiger partial charge on any atom is 0.337 e. The van der Waals surface area contributed by atoms with Crippen LogP contribution in [0.25, 0.3) is 0 Å². The zero-order valence-electron chi connectivity index (χ0n) is 10.7. The van der Waals surface area contributed by atoms with Crippen LogP contribution in [0.2, 0.25) is 0 Å². The molecule has 0 aromatic carbocycles. The monoisotopic (exact) mass is 276 g/mol. The summed E-state index contributed by atoms with van der Waals surface area (Å²) in [6.07, 6.45) is -1.93. The Hall–Kier alpha value is -1.96. The molecular weight excluding hydrogens is 260 g/mol. The molecule has 0 aliphatic heterocycles. The van der Waals surface area contributed by atoms with Crippen LogP contribution in [0.5, 0.6) is 0 Å². The summed E-state index contributed by atoms with van der Waals surface area (Å²) in [5.74, 6) is -7.99. The molecule has 0 amide bonds. The molecule has 0 aromatic heterocycles. The molecule has 0 aromatic rings. The Balaban J connectivity index is 5.54. The SMILES string of the molecule is CC(=O)C(C(=O)OC(C)C)C(O)(CC(=O)O)C(=O)O. The fraction of sp³-hybridized carbons (Fsp3) is 0.636. The quantitative estimate of drug-likeness (QED) is 0.415. The van der Waals surface area contributed by atoms with Crippen LogP contribution < -0.4 is 0 Å². The molecule has 0 heterocycles. The van der Waals surface area contributed by atoms with Gasteiger partial charge in [-0.2, -0.15) is 0 Å². The van der Waals surface area contributed by atoms with Gasteiger partial charge < -0.3 is 20.1 Å². The van der Waals surface area contributed by atoms with Crippen molar-refractivity contribution in [3.8, 4) is 0 Å². The number of Topliss-reactive ketones (excluding diaryl/α,β-unsaturated/α-hetero) is 1. The second-order valence-corrected chi connectivity index (χ2v) is 4.33. The molecule has 0 spiro atoms. The lowest BCUT2D eigenvalue weighted by atomic mass is 9.82. The Morgan fingerprint density at radius 3 is 1.89 bits per heavy atom. The van der Waals surface area contributed by atoms with Gasteiger partial charge in [-0.25, -0.2) is 4.79 Å². The highest BCUT2D eigenvalue weighted by molar-refractivity contribution is 6.05. The number of esters is 1. The summed E-state index contributed by atoms with van der Waals surface area (Å²) < 4.78 is 4.68. The molecule has 0 saturated carbocycles. The maximum absolute atomic E-state index is 11.7. The Morgan fingerprint density at radius 1 is 1.16 bits per heavy atom. The van der Waals surface area contributed by atoms with Crippen LogP contribution in [-0.2, 0) is 23.9 Å². The Kier molecular flexibility index (Phi) is 5.63. The number of carbonyl (C=O) groups excluding carboxylic acids is 2. The molecule has 8 nitrogen and oxygen atoms in total. The minimum Gasteiger partial charge on any atom is -0.481 e. The van der Waals surface area contributed by atoms with Gasteiger partial charge in [-0.15, -0.1) is 0 Å². The fourth-order valence-corrected chi connectivity index (χ4v) is 1.53. The third kappa shape index (κ3) is 4.32. The summed E-state index contributed by atoms with van der Waals surface area (Å²) in [4.78, 5) is 44.7. The number of carbonyl (C=O) groups is 4. The van der Waals surface area contributed by atoms with Gasteiger partial charge in [-0.3, -0.25) is 14.4 Å². The van der Waals surface area contributed by atoms with E-state index >= 15 is 0 Å². The number of aliphatic carboxylic acids is 2. The van der Waals surface area contributed by atoms with Crippen LogP contribution in [-0.4, -0.2) is 50.7 Å². The van der Waals surface area contributed by atoms with E-state index in [0.29, 0.717) is 0 Å². The first kappa shape index (κ1) is 17.0. The largest absolute Gasteiger partial charge is 0.481 e. The molecule has 0 fully saturated rings. The van der Waals surface area contributed by atoms with Crippen LogP contribution in [0.15, 0.2) is 0 Å². The Bertz CT molecular complexity index is 399. The minimum atomic E-state index is -3.04. The number of aliphatic hydroxyl groups is 1. The van der Waals surface area contributed by atoms with Gasteiger partial charge in [0.25, 0.3) is 0 Å². The molecule has 2 atom stereocenters. The molecule has 108 valence electrons. The van der Waals surface area contributed by atoms with Crippen molar-refractivity contribution in [3.05, 3.63) is 0 Å². The number of hydrogen-bond acceptors (Lipinski definition) is 6. The van der Waals surface area contributed by atoms with Crippen molar-refractivity contribution in [3.63, 3.8) is 0 Å². The standard InChI is InChI=1S/C11H16O8/c1-5(2)19-9(15)8(6(3)12)11(18,10(16)17)4-7(13)14/h5,8,18H,4H2,1-3H3,(H,13,14)(H,16,17). The molecule has 2 unspecified atom stereocenters. The molecule has 0 saturated heterocycles. The van der Waals surface area contributed by atoms with Crippen LogP contribution in [0.1, 0.15) is 27.2 Å². The highest BCUT2D eigenvalue weighted by atomic mass is 16.5. The number of carboxylic acids is 2. The first-order chi connectivity index (χ1) is 8.52. The van der Waals surface area contributed by atoms with E-state index < -0.39 is 47.7 Å². The van der Waals surface area contributed by atoms with Gasteiger partial charge in [-0.1, -0.05) is 0 Å². The van der Waals surface area contributed by atoms with E-state index in [1.165, 1.54) is 13.8 Å². The van der Waals surface area contributed by atoms with Gasteiger partial charge in [0.2, 0.25) is 0 Å². The van der Waals surface area contributed by atoms with Crippen LogP contribution in [0, 0.1) is 5.92 Å². The van der Waals surface area contributed by atoms with Crippen molar-refractivity contribution in [2.24, 2.45) is 5.92 Å². The highest BCUT2D eigenvalue weighted by Crippen LogP contribution is 2.25. The predicted molar refractivity (Wildman–Crippen MR) is 60.2 cm³/mol. The average molecular weight is 276 g/mol. The third-order valence-corrected chi connectivity index (χ3v) is 2.26. The van der Waals surface area contributed by atoms with Crippen molar-refractivity contribution in [1.29, 1.82) is 0 Å². The predicted octanol–water partition coefficient (Wildman–Crippen LogP) is -0.566. The number of carboxylic acid groups (broad SMARTS) is 2. The Morgan fingerprint density at radius 2 is 1.63 bits per heavy atom. The van der Waals surface area contributed by atoms with E-state index in [2.05, 4.69) is 4.74 Å². The fourth-order valence-electron chi connectivity index (χ4n) is 1.53. The van der Waals surface area contributed by atoms with E-state index in [-0.39, 0.29) is 0 Å². The molecule has 0 radical (unpaired) electrons. The molecule has 8 heteroatoms. The van der Waals surface area contributed by atoms with Gasteiger partial charge in [-0.05, 0) is 20.8 Å². The number of ketones is 1. The topological polar surface area (TPSA) is 138 Å². The molecule has 0 bridgehead atoms. The van der Waals surface area contributed by atoms with E-state index in [4.69, 9.17) is 10.2 Å². The minimum absolute atomic E-state index is 0.641. The lowest BCUT2D eigenvalue weighted by Gasteiger charge is -2.28. The molecule has 0 aliphatic carbocycles. The van der Waals surface area contributed by atoms with Gasteiger partial charge in [0.15, 0.2) is 11.5 Å². The average Bonchev–Trinajstić information content (AvgIpc) is 2.13. The second kappa shape index (κ2) is 6.28. The van der Waals surface area contributed by atoms with Crippen LogP contribution in [0.3, 0.4) is 0 Å². The van der Waals surface area contributed by atoms with Gasteiger partial charge in [0.1, 0.15) is 5.78 Å². The summed E-state index contributed by atoms with van der Waals surface area (Å²) in [5.41, 5.74) is -3.04. The summed E-state index contributed by atoms with van der Waals surface area (Å²) in [5, 5.41) is 27.4. The molecule has 0 rings (SSSR count). The van der Waals surface area contributed by atoms with E-state index in [9.17, 15) is 24.3 Å². The van der Waals surface area contributed by atoms with E-state index in [1.54, 1.807) is 0 Å². The van der Waals surface area contributed by atoms with E-state index in [0.717, 1.165) is 6.92 Å². The van der Waals surface area contributed by atoms with Gasteiger partial charge >= 0.3 is 17.9 Å². The van der Waals surface area contributed by atoms with Crippen LogP contribution >= 0.6 is 0 Å². The van der Waals surface area contributed by atoms with E-state index in [1.807, 2.05) is 0 Å². The van der Waals surface area contributed by atoms with Crippen LogP contribution in [0.4, 0.5) is 0 Å². The molecule has 0 aliphatic rings. The van der Waals surface area contributed by atoms with Crippen molar-refractivity contribution in [2.75, 3.05) is 0 Å². The number of rotatable bonds is 7. The molecule has 19 heavy (non-hydrogen) atoms.